The van der Waals surface area contributed by atoms with Crippen LogP contribution in [0.25, 0.3) is 0 Å². The highest BCUT2D eigenvalue weighted by atomic mass is 16.5. The summed E-state index contributed by atoms with van der Waals surface area (Å²) >= 11 is 0. The normalized spacial score (nSPS) is 49.7. The molecule has 3 saturated carbocycles. The molecule has 4 aliphatic carbocycles. The third-order valence-electron chi connectivity index (χ3n) is 11.5. The lowest BCUT2D eigenvalue weighted by Gasteiger charge is -2.70. The lowest BCUT2D eigenvalue weighted by molar-refractivity contribution is -0.182. The van der Waals surface area contributed by atoms with Gasteiger partial charge in [-0.25, -0.2) is 0 Å². The highest BCUT2D eigenvalue weighted by Crippen LogP contribution is 2.75. The number of fused-ring (bicyclic) bond motifs is 5. The van der Waals surface area contributed by atoms with Crippen LogP contribution in [0.4, 0.5) is 0 Å². The van der Waals surface area contributed by atoms with Crippen LogP contribution in [-0.2, 0) is 9.53 Å². The molecule has 1 unspecified atom stereocenters. The summed E-state index contributed by atoms with van der Waals surface area (Å²) in [6.45, 7) is 21.7. The Kier molecular flexibility index (Phi) is 5.90. The Balaban J connectivity index is 1.82. The zero-order chi connectivity index (χ0) is 24.4. The number of allylic oxidation sites excluding steroid dienone is 6. The molecule has 2 nitrogen and oxygen atoms in total. The number of rotatable bonds is 2. The van der Waals surface area contributed by atoms with Gasteiger partial charge in [0.05, 0.1) is 12.0 Å². The molecule has 3 fully saturated rings. The second-order valence-electron chi connectivity index (χ2n) is 13.1. The minimum Gasteiger partial charge on any atom is -0.466 e. The van der Waals surface area contributed by atoms with Gasteiger partial charge >= 0.3 is 5.97 Å². The number of esters is 1. The molecule has 0 aromatic carbocycles. The molecule has 0 bridgehead atoms. The van der Waals surface area contributed by atoms with Crippen LogP contribution < -0.4 is 0 Å². The van der Waals surface area contributed by atoms with Gasteiger partial charge in [0.1, 0.15) is 0 Å². The maximum absolute atomic E-state index is 13.1. The molecule has 0 saturated heterocycles. The molecular weight excluding hydrogens is 404 g/mol. The molecule has 0 amide bonds. The number of carbonyl (C=O) groups is 1. The Bertz CT molecular complexity index is 923. The van der Waals surface area contributed by atoms with Crippen LogP contribution in [0.3, 0.4) is 0 Å². The van der Waals surface area contributed by atoms with Gasteiger partial charge < -0.3 is 4.74 Å². The van der Waals surface area contributed by atoms with E-state index in [9.17, 15) is 4.79 Å². The molecule has 7 atom stereocenters. The van der Waals surface area contributed by atoms with Gasteiger partial charge in [0.15, 0.2) is 0 Å². The summed E-state index contributed by atoms with van der Waals surface area (Å²) in [5.74, 6) is 1.04. The van der Waals surface area contributed by atoms with E-state index in [1.165, 1.54) is 31.3 Å². The molecule has 4 aliphatic rings. The van der Waals surface area contributed by atoms with Crippen LogP contribution in [0.15, 0.2) is 34.9 Å². The molecule has 0 N–H and O–H groups in total. The summed E-state index contributed by atoms with van der Waals surface area (Å²) in [6, 6.07) is 0. The van der Waals surface area contributed by atoms with E-state index in [1.807, 2.05) is 6.92 Å². The lowest BCUT2D eigenvalue weighted by Crippen LogP contribution is -2.62. The van der Waals surface area contributed by atoms with Crippen LogP contribution in [0.1, 0.15) is 107 Å². The molecule has 0 heterocycles. The van der Waals surface area contributed by atoms with E-state index in [-0.39, 0.29) is 27.6 Å². The summed E-state index contributed by atoms with van der Waals surface area (Å²) in [6.07, 6.45) is 15.5. The van der Waals surface area contributed by atoms with Gasteiger partial charge in [-0.1, -0.05) is 58.4 Å². The van der Waals surface area contributed by atoms with E-state index < -0.39 is 0 Å². The fourth-order valence-electron chi connectivity index (χ4n) is 9.13. The Morgan fingerprint density at radius 2 is 1.67 bits per heavy atom. The minimum atomic E-state index is -0.344. The summed E-state index contributed by atoms with van der Waals surface area (Å²) in [5, 5.41) is 0. The van der Waals surface area contributed by atoms with Crippen LogP contribution in [0.2, 0.25) is 0 Å². The van der Waals surface area contributed by atoms with Crippen molar-refractivity contribution in [3.63, 3.8) is 0 Å². The fraction of sp³-hybridized carbons (Fsp3) is 0.774. The highest BCUT2D eigenvalue weighted by Gasteiger charge is 2.67. The van der Waals surface area contributed by atoms with Gasteiger partial charge in [0.25, 0.3) is 0 Å². The third-order valence-corrected chi connectivity index (χ3v) is 11.5. The van der Waals surface area contributed by atoms with Crippen LogP contribution in [0.5, 0.6) is 0 Å². The number of ether oxygens (including phenoxy) is 1. The Hall–Kier alpha value is -1.31. The molecule has 0 aromatic rings. The van der Waals surface area contributed by atoms with Gasteiger partial charge in [-0.15, -0.1) is 0 Å². The van der Waals surface area contributed by atoms with Gasteiger partial charge in [-0.05, 0) is 112 Å². The number of hydrogen-bond donors (Lipinski definition) is 0. The maximum Gasteiger partial charge on any atom is 0.311 e. The van der Waals surface area contributed by atoms with Crippen LogP contribution in [-0.4, -0.2) is 12.6 Å². The average molecular weight is 453 g/mol. The molecule has 0 radical (unpaired) electrons. The Labute approximate surface area is 203 Å². The molecule has 4 rings (SSSR count). The lowest BCUT2D eigenvalue weighted by atomic mass is 9.34. The zero-order valence-corrected chi connectivity index (χ0v) is 22.9. The standard InChI is InChI=1S/C31H48O2/c1-10-22-21(4)19-24-29(7,23(22)11-2)16-18-31(9)25-20-28(6,26(32)33-12-3)14-13-27(25,5)15-17-30(24,31)8/h10-11,19,21,25H,12-18,20H2,1-9H3/b22-10?,23-11+/t21?,25-,27-,28-,29+,30-,31+/m1/s1. The Morgan fingerprint density at radius 1 is 1.00 bits per heavy atom. The minimum absolute atomic E-state index is 0.0306. The predicted octanol–water partition coefficient (Wildman–Crippen LogP) is 8.44. The zero-order valence-electron chi connectivity index (χ0n) is 22.9. The summed E-state index contributed by atoms with van der Waals surface area (Å²) < 4.78 is 5.60. The topological polar surface area (TPSA) is 26.3 Å². The smallest absolute Gasteiger partial charge is 0.311 e. The van der Waals surface area contributed by atoms with Crippen molar-refractivity contribution >= 4 is 5.97 Å². The second-order valence-corrected chi connectivity index (χ2v) is 13.1. The first kappa shape index (κ1) is 24.8. The molecule has 0 spiro atoms. The van der Waals surface area contributed by atoms with Crippen LogP contribution in [0, 0.1) is 38.9 Å². The molecule has 0 aromatic heterocycles. The SMILES string of the molecule is CC=C1/C(=C\C)[C@]2(C)CC[C@@]3(C)[C@@H]4C[C@](C)(C(=O)OCC)CC[C@]4(C)CC[C@]3(C)C2=CC1C. The quantitative estimate of drug-likeness (QED) is 0.310. The van der Waals surface area contributed by atoms with Crippen molar-refractivity contribution in [2.45, 2.75) is 107 Å². The van der Waals surface area contributed by atoms with E-state index in [1.54, 1.807) is 11.1 Å². The molecule has 184 valence electrons. The van der Waals surface area contributed by atoms with E-state index in [2.05, 4.69) is 73.6 Å². The first-order valence-corrected chi connectivity index (χ1v) is 13.6. The van der Waals surface area contributed by atoms with Crippen molar-refractivity contribution in [2.75, 3.05) is 6.61 Å². The maximum atomic E-state index is 13.1. The fourth-order valence-corrected chi connectivity index (χ4v) is 9.13. The largest absolute Gasteiger partial charge is 0.466 e. The number of hydrogen-bond acceptors (Lipinski definition) is 2. The first-order valence-electron chi connectivity index (χ1n) is 13.6. The van der Waals surface area contributed by atoms with Gasteiger partial charge in [-0.3, -0.25) is 4.79 Å². The predicted molar refractivity (Wildman–Crippen MR) is 138 cm³/mol. The van der Waals surface area contributed by atoms with E-state index in [0.29, 0.717) is 23.9 Å². The molecule has 2 heteroatoms. The average Bonchev–Trinajstić information content (AvgIpc) is 2.77. The van der Waals surface area contributed by atoms with Crippen molar-refractivity contribution < 1.29 is 9.53 Å². The van der Waals surface area contributed by atoms with E-state index >= 15 is 0 Å². The van der Waals surface area contributed by atoms with Crippen molar-refractivity contribution in [3.8, 4) is 0 Å². The monoisotopic (exact) mass is 452 g/mol. The van der Waals surface area contributed by atoms with Crippen molar-refractivity contribution in [1.29, 1.82) is 0 Å². The summed E-state index contributed by atoms with van der Waals surface area (Å²) in [4.78, 5) is 13.1. The van der Waals surface area contributed by atoms with E-state index in [4.69, 9.17) is 4.74 Å². The summed E-state index contributed by atoms with van der Waals surface area (Å²) in [7, 11) is 0. The van der Waals surface area contributed by atoms with Gasteiger partial charge in [-0.2, -0.15) is 0 Å². The van der Waals surface area contributed by atoms with Gasteiger partial charge in [0.2, 0.25) is 0 Å². The summed E-state index contributed by atoms with van der Waals surface area (Å²) in [5.41, 5.74) is 5.25. The molecule has 33 heavy (non-hydrogen) atoms. The van der Waals surface area contributed by atoms with Crippen LogP contribution >= 0.6 is 0 Å². The van der Waals surface area contributed by atoms with Crippen molar-refractivity contribution in [3.05, 3.63) is 34.9 Å². The van der Waals surface area contributed by atoms with Crippen molar-refractivity contribution in [2.24, 2.45) is 38.9 Å². The third kappa shape index (κ3) is 3.21. The van der Waals surface area contributed by atoms with Crippen molar-refractivity contribution in [1.82, 2.24) is 0 Å². The second kappa shape index (κ2) is 7.85. The molecular formula is C31H48O2. The number of carbonyl (C=O) groups excluding carboxylic acids is 1. The first-order chi connectivity index (χ1) is 15.3. The molecule has 0 aliphatic heterocycles. The Morgan fingerprint density at radius 3 is 2.27 bits per heavy atom. The van der Waals surface area contributed by atoms with Gasteiger partial charge in [0, 0.05) is 5.41 Å². The highest BCUT2D eigenvalue weighted by molar-refractivity contribution is 5.76. The van der Waals surface area contributed by atoms with E-state index in [0.717, 1.165) is 19.3 Å².